The number of carbonyl (C=O) groups excluding carboxylic acids is 1. The highest BCUT2D eigenvalue weighted by Gasteiger charge is 2.16. The van der Waals surface area contributed by atoms with Crippen LogP contribution in [0.1, 0.15) is 24.2 Å². The number of hydrogen-bond donors (Lipinski definition) is 2. The summed E-state index contributed by atoms with van der Waals surface area (Å²) >= 11 is 0. The van der Waals surface area contributed by atoms with Gasteiger partial charge in [0.25, 0.3) is 5.91 Å². The Hall–Kier alpha value is -3.03. The molecule has 1 heterocycles. The molecule has 1 aromatic carbocycles. The van der Waals surface area contributed by atoms with Gasteiger partial charge in [-0.3, -0.25) is 14.3 Å². The summed E-state index contributed by atoms with van der Waals surface area (Å²) in [5.74, 6) is 0.143. The van der Waals surface area contributed by atoms with E-state index in [1.165, 1.54) is 24.1 Å². The Morgan fingerprint density at radius 3 is 2.72 bits per heavy atom. The number of nitrogens with one attached hydrogen (secondary N) is 1. The molecule has 2 N–H and O–H groups in total. The normalized spacial score (nSPS) is 10.6. The van der Waals surface area contributed by atoms with Gasteiger partial charge in [0.2, 0.25) is 0 Å². The van der Waals surface area contributed by atoms with E-state index in [1.807, 2.05) is 13.8 Å². The Bertz CT molecular complexity index is 754. The molecule has 0 aliphatic carbocycles. The fraction of sp³-hybridized carbons (Fsp3) is 0.353. The monoisotopic (exact) mass is 347 g/mol. The van der Waals surface area contributed by atoms with E-state index in [4.69, 9.17) is 14.6 Å². The topological polar surface area (TPSA) is 103 Å². The third-order valence-electron chi connectivity index (χ3n) is 3.19. The lowest BCUT2D eigenvalue weighted by Gasteiger charge is -2.14. The number of aromatic nitrogens is 2. The Balaban J connectivity index is 2.16. The third kappa shape index (κ3) is 5.23. The van der Waals surface area contributed by atoms with E-state index < -0.39 is 11.9 Å². The van der Waals surface area contributed by atoms with Gasteiger partial charge in [0, 0.05) is 18.3 Å². The van der Waals surface area contributed by atoms with E-state index in [2.05, 4.69) is 10.4 Å². The number of hydrogen-bond acceptors (Lipinski definition) is 5. The molecule has 0 fully saturated rings. The maximum absolute atomic E-state index is 12.5. The third-order valence-corrected chi connectivity index (χ3v) is 3.19. The SMILES string of the molecule is COc1ccc(C(=O)Nc2ccn(CC(=O)O)n2)c(OCC(C)C)c1. The summed E-state index contributed by atoms with van der Waals surface area (Å²) in [5.41, 5.74) is 0.342. The Kier molecular flexibility index (Phi) is 5.99. The predicted octanol–water partition coefficient (Wildman–Crippen LogP) is 2.26. The lowest BCUT2D eigenvalue weighted by Crippen LogP contribution is -2.16. The minimum atomic E-state index is -1.01. The molecule has 2 rings (SSSR count). The molecule has 0 unspecified atom stereocenters. The summed E-state index contributed by atoms with van der Waals surface area (Å²) in [7, 11) is 1.54. The molecule has 25 heavy (non-hydrogen) atoms. The highest BCUT2D eigenvalue weighted by molar-refractivity contribution is 6.05. The molecule has 0 saturated carbocycles. The number of nitrogens with zero attached hydrogens (tertiary/aromatic N) is 2. The molecule has 8 nitrogen and oxygen atoms in total. The van der Waals surface area contributed by atoms with Gasteiger partial charge < -0.3 is 19.9 Å². The van der Waals surface area contributed by atoms with E-state index in [0.717, 1.165) is 0 Å². The van der Waals surface area contributed by atoms with Gasteiger partial charge in [0.15, 0.2) is 5.82 Å². The van der Waals surface area contributed by atoms with Crippen molar-refractivity contribution in [2.24, 2.45) is 5.92 Å². The maximum Gasteiger partial charge on any atom is 0.325 e. The first kappa shape index (κ1) is 18.3. The van der Waals surface area contributed by atoms with Gasteiger partial charge >= 0.3 is 5.97 Å². The fourth-order valence-electron chi connectivity index (χ4n) is 2.03. The van der Waals surface area contributed by atoms with Gasteiger partial charge in [0.1, 0.15) is 18.0 Å². The lowest BCUT2D eigenvalue weighted by molar-refractivity contribution is -0.137. The molecule has 0 saturated heterocycles. The highest BCUT2D eigenvalue weighted by atomic mass is 16.5. The van der Waals surface area contributed by atoms with Crippen LogP contribution in [-0.2, 0) is 11.3 Å². The molecule has 134 valence electrons. The number of carboxylic acids is 1. The van der Waals surface area contributed by atoms with E-state index in [-0.39, 0.29) is 12.4 Å². The molecule has 0 spiro atoms. The van der Waals surface area contributed by atoms with E-state index >= 15 is 0 Å². The van der Waals surface area contributed by atoms with Crippen molar-refractivity contribution in [3.8, 4) is 11.5 Å². The van der Waals surface area contributed by atoms with Gasteiger partial charge in [-0.25, -0.2) is 0 Å². The number of rotatable bonds is 8. The van der Waals surface area contributed by atoms with Gasteiger partial charge in [0.05, 0.1) is 19.3 Å². The number of anilines is 1. The first-order valence-corrected chi connectivity index (χ1v) is 7.76. The lowest BCUT2D eigenvalue weighted by atomic mass is 10.1. The maximum atomic E-state index is 12.5. The van der Waals surface area contributed by atoms with Crippen molar-refractivity contribution in [2.45, 2.75) is 20.4 Å². The standard InChI is InChI=1S/C17H21N3O5/c1-11(2)10-25-14-8-12(24-3)4-5-13(14)17(23)18-15-6-7-20(19-15)9-16(21)22/h4-8,11H,9-10H2,1-3H3,(H,21,22)(H,18,19,23). The van der Waals surface area contributed by atoms with Crippen LogP contribution in [0.3, 0.4) is 0 Å². The van der Waals surface area contributed by atoms with Crippen LogP contribution < -0.4 is 14.8 Å². The molecule has 0 aliphatic heterocycles. The van der Waals surface area contributed by atoms with Crippen LogP contribution in [0.2, 0.25) is 0 Å². The molecule has 0 radical (unpaired) electrons. The van der Waals surface area contributed by atoms with Gasteiger partial charge in [-0.15, -0.1) is 0 Å². The molecule has 1 amide bonds. The molecular weight excluding hydrogens is 326 g/mol. The average molecular weight is 347 g/mol. The largest absolute Gasteiger partial charge is 0.497 e. The average Bonchev–Trinajstić information content (AvgIpc) is 2.98. The predicted molar refractivity (Wildman–Crippen MR) is 91.1 cm³/mol. The number of carbonyl (C=O) groups is 2. The second-order valence-corrected chi connectivity index (χ2v) is 5.81. The summed E-state index contributed by atoms with van der Waals surface area (Å²) in [6.07, 6.45) is 1.48. The Labute approximate surface area is 145 Å². The number of methoxy groups -OCH3 is 1. The molecule has 2 aromatic rings. The zero-order valence-corrected chi connectivity index (χ0v) is 14.4. The Morgan fingerprint density at radius 1 is 1.32 bits per heavy atom. The van der Waals surface area contributed by atoms with Crippen LogP contribution in [0, 0.1) is 5.92 Å². The summed E-state index contributed by atoms with van der Waals surface area (Å²) in [5, 5.41) is 15.4. The summed E-state index contributed by atoms with van der Waals surface area (Å²) in [6, 6.07) is 6.46. The van der Waals surface area contributed by atoms with Crippen molar-refractivity contribution < 1.29 is 24.2 Å². The molecule has 8 heteroatoms. The van der Waals surface area contributed by atoms with Crippen molar-refractivity contribution in [3.63, 3.8) is 0 Å². The van der Waals surface area contributed by atoms with Crippen molar-refractivity contribution in [1.29, 1.82) is 0 Å². The van der Waals surface area contributed by atoms with E-state index in [9.17, 15) is 9.59 Å². The second-order valence-electron chi connectivity index (χ2n) is 5.81. The zero-order chi connectivity index (χ0) is 18.4. The van der Waals surface area contributed by atoms with Crippen LogP contribution >= 0.6 is 0 Å². The Morgan fingerprint density at radius 2 is 2.08 bits per heavy atom. The first-order chi connectivity index (χ1) is 11.9. The second kappa shape index (κ2) is 8.18. The van der Waals surface area contributed by atoms with Gasteiger partial charge in [-0.2, -0.15) is 5.10 Å². The molecule has 0 bridgehead atoms. The smallest absolute Gasteiger partial charge is 0.325 e. The van der Waals surface area contributed by atoms with Crippen LogP contribution in [0.5, 0.6) is 11.5 Å². The molecule has 0 atom stereocenters. The van der Waals surface area contributed by atoms with Crippen LogP contribution in [0.4, 0.5) is 5.82 Å². The van der Waals surface area contributed by atoms with E-state index in [1.54, 1.807) is 18.2 Å². The molecule has 1 aromatic heterocycles. The van der Waals surface area contributed by atoms with E-state index in [0.29, 0.717) is 29.6 Å². The number of carboxylic acid groups (broad SMARTS) is 1. The highest BCUT2D eigenvalue weighted by Crippen LogP contribution is 2.26. The van der Waals surface area contributed by atoms with Crippen LogP contribution in [-0.4, -0.2) is 40.5 Å². The minimum Gasteiger partial charge on any atom is -0.497 e. The van der Waals surface area contributed by atoms with Crippen molar-refractivity contribution in [2.75, 3.05) is 19.0 Å². The summed E-state index contributed by atoms with van der Waals surface area (Å²) in [6.45, 7) is 4.20. The summed E-state index contributed by atoms with van der Waals surface area (Å²) in [4.78, 5) is 23.2. The van der Waals surface area contributed by atoms with Gasteiger partial charge in [-0.1, -0.05) is 13.8 Å². The minimum absolute atomic E-state index is 0.261. The summed E-state index contributed by atoms with van der Waals surface area (Å²) < 4.78 is 12.1. The fourth-order valence-corrected chi connectivity index (χ4v) is 2.03. The van der Waals surface area contributed by atoms with Crippen molar-refractivity contribution >= 4 is 17.7 Å². The van der Waals surface area contributed by atoms with Crippen LogP contribution in [0.15, 0.2) is 30.5 Å². The number of benzene rings is 1. The number of ether oxygens (including phenoxy) is 2. The quantitative estimate of drug-likeness (QED) is 0.759. The van der Waals surface area contributed by atoms with Gasteiger partial charge in [-0.05, 0) is 18.1 Å². The number of amides is 1. The molecule has 0 aliphatic rings. The van der Waals surface area contributed by atoms with Crippen molar-refractivity contribution in [3.05, 3.63) is 36.0 Å². The molecular formula is C17H21N3O5. The van der Waals surface area contributed by atoms with Crippen molar-refractivity contribution in [1.82, 2.24) is 9.78 Å². The zero-order valence-electron chi connectivity index (χ0n) is 14.4. The van der Waals surface area contributed by atoms with Crippen LogP contribution in [0.25, 0.3) is 0 Å². The number of aliphatic carboxylic acids is 1. The first-order valence-electron chi connectivity index (χ1n) is 7.76.